The summed E-state index contributed by atoms with van der Waals surface area (Å²) in [7, 11) is 0. The highest BCUT2D eigenvalue weighted by Crippen LogP contribution is 2.44. The minimum atomic E-state index is 0.459. The molecule has 112 valence electrons. The fraction of sp³-hybridized carbons (Fsp3) is 0.0556. The van der Waals surface area contributed by atoms with Gasteiger partial charge in [0.1, 0.15) is 16.1 Å². The summed E-state index contributed by atoms with van der Waals surface area (Å²) in [5.74, 6) is 0. The zero-order valence-corrected chi connectivity index (χ0v) is 13.3. The average Bonchev–Trinajstić information content (AvgIpc) is 2.90. The van der Waals surface area contributed by atoms with E-state index in [2.05, 4.69) is 16.3 Å². The molecule has 0 aliphatic heterocycles. The van der Waals surface area contributed by atoms with E-state index in [1.165, 1.54) is 11.3 Å². The molecule has 23 heavy (non-hydrogen) atoms. The normalized spacial score (nSPS) is 10.8. The quantitative estimate of drug-likeness (QED) is 0.639. The summed E-state index contributed by atoms with van der Waals surface area (Å²) in [6.45, 7) is 2.02. The summed E-state index contributed by atoms with van der Waals surface area (Å²) >= 11 is 1.28. The number of anilines is 1. The number of benzene rings is 2. The first kappa shape index (κ1) is 14.9. The molecule has 0 amide bonds. The Morgan fingerprint density at radius 1 is 1.00 bits per heavy atom. The van der Waals surface area contributed by atoms with E-state index < -0.39 is 0 Å². The maximum atomic E-state index is 9.42. The molecule has 0 saturated carbocycles. The largest absolute Gasteiger partial charge is 0.389 e. The Morgan fingerprint density at radius 2 is 1.70 bits per heavy atom. The first-order chi connectivity index (χ1) is 11.2. The van der Waals surface area contributed by atoms with Gasteiger partial charge in [0.2, 0.25) is 0 Å². The second-order valence-electron chi connectivity index (χ2n) is 5.03. The monoisotopic (exact) mass is 318 g/mol. The molecule has 1 heterocycles. The van der Waals surface area contributed by atoms with Gasteiger partial charge in [-0.1, -0.05) is 59.4 Å². The van der Waals surface area contributed by atoms with Crippen molar-refractivity contribution in [1.29, 1.82) is 5.26 Å². The lowest BCUT2D eigenvalue weighted by Gasteiger charge is -2.02. The number of nitrogens with two attached hydrogens (primary N) is 1. The molecule has 1 aromatic heterocycles. The van der Waals surface area contributed by atoms with Gasteiger partial charge < -0.3 is 5.73 Å². The lowest BCUT2D eigenvalue weighted by Crippen LogP contribution is -1.85. The summed E-state index contributed by atoms with van der Waals surface area (Å²) < 4.78 is 0. The van der Waals surface area contributed by atoms with Crippen molar-refractivity contribution in [3.63, 3.8) is 0 Å². The Bertz CT molecular complexity index is 887. The van der Waals surface area contributed by atoms with Crippen molar-refractivity contribution in [2.75, 3.05) is 5.73 Å². The van der Waals surface area contributed by atoms with Crippen LogP contribution in [0.5, 0.6) is 0 Å². The number of hydrogen-bond donors (Lipinski definition) is 1. The van der Waals surface area contributed by atoms with Gasteiger partial charge in [-0.05, 0) is 24.6 Å². The van der Waals surface area contributed by atoms with Crippen LogP contribution in [-0.4, -0.2) is 0 Å². The molecule has 5 heteroatoms. The number of hydrogen-bond acceptors (Lipinski definition) is 5. The summed E-state index contributed by atoms with van der Waals surface area (Å²) in [6, 6.07) is 19.6. The highest BCUT2D eigenvalue weighted by molar-refractivity contribution is 7.20. The van der Waals surface area contributed by atoms with Gasteiger partial charge in [0.25, 0.3) is 0 Å². The van der Waals surface area contributed by atoms with Crippen LogP contribution in [0, 0.1) is 18.3 Å². The minimum absolute atomic E-state index is 0.459. The number of aryl methyl sites for hydroxylation is 1. The second-order valence-corrected chi connectivity index (χ2v) is 6.07. The fourth-order valence-corrected chi connectivity index (χ4v) is 3.07. The molecule has 0 radical (unpaired) electrons. The van der Waals surface area contributed by atoms with Crippen molar-refractivity contribution in [3.05, 3.63) is 65.7 Å². The van der Waals surface area contributed by atoms with Crippen LogP contribution in [0.2, 0.25) is 0 Å². The van der Waals surface area contributed by atoms with E-state index >= 15 is 0 Å². The zero-order chi connectivity index (χ0) is 16.2. The Hall–Kier alpha value is -2.97. The lowest BCUT2D eigenvalue weighted by molar-refractivity contribution is 1.25. The van der Waals surface area contributed by atoms with Gasteiger partial charge in [-0.15, -0.1) is 10.2 Å². The molecule has 2 N–H and O–H groups in total. The number of nitrogen functional groups attached to an aromatic ring is 1. The molecule has 0 unspecified atom stereocenters. The number of azo groups is 1. The van der Waals surface area contributed by atoms with E-state index in [-0.39, 0.29) is 0 Å². The van der Waals surface area contributed by atoms with Crippen LogP contribution in [0.1, 0.15) is 11.1 Å². The van der Waals surface area contributed by atoms with Gasteiger partial charge in [-0.3, -0.25) is 0 Å². The molecule has 3 rings (SSSR count). The maximum Gasteiger partial charge on any atom is 0.150 e. The van der Waals surface area contributed by atoms with Crippen LogP contribution in [0.4, 0.5) is 15.7 Å². The summed E-state index contributed by atoms with van der Waals surface area (Å²) in [5, 5.41) is 19.1. The molecule has 0 spiro atoms. The standard InChI is InChI=1S/C18H14N4S/c1-12-7-9-13(10-8-12)16-15(11-19)17(20)23-18(16)22-21-14-5-3-2-4-6-14/h2-10H,20H2,1H3. The van der Waals surface area contributed by atoms with E-state index in [1.807, 2.05) is 61.5 Å². The number of nitriles is 1. The molecule has 4 nitrogen and oxygen atoms in total. The van der Waals surface area contributed by atoms with E-state index in [4.69, 9.17) is 5.73 Å². The molecular formula is C18H14N4S. The van der Waals surface area contributed by atoms with Crippen LogP contribution in [0.15, 0.2) is 64.8 Å². The third-order valence-corrected chi connectivity index (χ3v) is 4.28. The van der Waals surface area contributed by atoms with Gasteiger partial charge in [-0.2, -0.15) is 5.26 Å². The topological polar surface area (TPSA) is 74.5 Å². The molecular weight excluding hydrogens is 304 g/mol. The second kappa shape index (κ2) is 6.42. The predicted octanol–water partition coefficient (Wildman–Crippen LogP) is 5.59. The maximum absolute atomic E-state index is 9.42. The third kappa shape index (κ3) is 3.12. The van der Waals surface area contributed by atoms with Crippen LogP contribution < -0.4 is 5.73 Å². The molecule has 0 aliphatic carbocycles. The molecule has 0 saturated heterocycles. The van der Waals surface area contributed by atoms with Crippen LogP contribution in [0.3, 0.4) is 0 Å². The predicted molar refractivity (Wildman–Crippen MR) is 94.2 cm³/mol. The SMILES string of the molecule is Cc1ccc(-c2c(N=Nc3ccccc3)sc(N)c2C#N)cc1. The molecule has 0 bridgehead atoms. The van der Waals surface area contributed by atoms with E-state index in [1.54, 1.807) is 0 Å². The smallest absolute Gasteiger partial charge is 0.150 e. The number of rotatable bonds is 3. The summed E-state index contributed by atoms with van der Waals surface area (Å²) in [6.07, 6.45) is 0. The van der Waals surface area contributed by atoms with Crippen LogP contribution in [-0.2, 0) is 0 Å². The van der Waals surface area contributed by atoms with Crippen molar-refractivity contribution >= 4 is 27.0 Å². The summed E-state index contributed by atoms with van der Waals surface area (Å²) in [5.41, 5.74) is 10.0. The van der Waals surface area contributed by atoms with Crippen molar-refractivity contribution in [1.82, 2.24) is 0 Å². The highest BCUT2D eigenvalue weighted by atomic mass is 32.1. The highest BCUT2D eigenvalue weighted by Gasteiger charge is 2.18. The van der Waals surface area contributed by atoms with E-state index in [0.29, 0.717) is 15.6 Å². The van der Waals surface area contributed by atoms with Gasteiger partial charge >= 0.3 is 0 Å². The Kier molecular flexibility index (Phi) is 4.18. The van der Waals surface area contributed by atoms with Gasteiger partial charge in [0.15, 0.2) is 0 Å². The Morgan fingerprint density at radius 3 is 2.35 bits per heavy atom. The first-order valence-electron chi connectivity index (χ1n) is 7.05. The van der Waals surface area contributed by atoms with Crippen molar-refractivity contribution < 1.29 is 0 Å². The van der Waals surface area contributed by atoms with Gasteiger partial charge in [-0.25, -0.2) is 0 Å². The first-order valence-corrected chi connectivity index (χ1v) is 7.87. The molecule has 0 atom stereocenters. The van der Waals surface area contributed by atoms with Gasteiger partial charge in [0.05, 0.1) is 11.3 Å². The van der Waals surface area contributed by atoms with E-state index in [0.717, 1.165) is 22.4 Å². The fourth-order valence-electron chi connectivity index (χ4n) is 2.20. The lowest BCUT2D eigenvalue weighted by atomic mass is 10.0. The zero-order valence-electron chi connectivity index (χ0n) is 12.5. The van der Waals surface area contributed by atoms with Crippen LogP contribution in [0.25, 0.3) is 11.1 Å². The summed E-state index contributed by atoms with van der Waals surface area (Å²) in [4.78, 5) is 0. The number of nitrogens with zero attached hydrogens (tertiary/aromatic N) is 3. The molecule has 3 aromatic rings. The number of thiophene rings is 1. The molecule has 0 aliphatic rings. The molecule has 2 aromatic carbocycles. The van der Waals surface area contributed by atoms with Crippen molar-refractivity contribution in [2.45, 2.75) is 6.92 Å². The Balaban J connectivity index is 2.09. The van der Waals surface area contributed by atoms with Crippen molar-refractivity contribution in [2.24, 2.45) is 10.2 Å². The van der Waals surface area contributed by atoms with Gasteiger partial charge in [0, 0.05) is 5.56 Å². The Labute approximate surface area is 138 Å². The average molecular weight is 318 g/mol. The molecule has 0 fully saturated rings. The van der Waals surface area contributed by atoms with Crippen LogP contribution >= 0.6 is 11.3 Å². The van der Waals surface area contributed by atoms with Crippen molar-refractivity contribution in [3.8, 4) is 17.2 Å². The van der Waals surface area contributed by atoms with E-state index in [9.17, 15) is 5.26 Å². The third-order valence-electron chi connectivity index (χ3n) is 3.38. The minimum Gasteiger partial charge on any atom is -0.389 e.